The van der Waals surface area contributed by atoms with Crippen LogP contribution in [-0.2, 0) is 34.1 Å². The van der Waals surface area contributed by atoms with Crippen molar-refractivity contribution < 1.29 is 21.3 Å². The van der Waals surface area contributed by atoms with E-state index in [-0.39, 0.29) is 0 Å². The minimum atomic E-state index is -2.73. The van der Waals surface area contributed by atoms with Gasteiger partial charge in [-0.25, -0.2) is 0 Å². The molecule has 200 valence electrons. The van der Waals surface area contributed by atoms with E-state index in [9.17, 15) is 0 Å². The minimum absolute atomic E-state index is 0.464. The van der Waals surface area contributed by atoms with Gasteiger partial charge in [0.25, 0.3) is 0 Å². The normalized spacial score (nSPS) is 15.8. The van der Waals surface area contributed by atoms with Crippen molar-refractivity contribution >= 4 is 3.21 Å². The average Bonchev–Trinajstić information content (AvgIpc) is 3.58. The van der Waals surface area contributed by atoms with Crippen LogP contribution in [0.25, 0.3) is 11.1 Å². The fourth-order valence-electron chi connectivity index (χ4n) is 6.91. The molecule has 0 aliphatic heterocycles. The first kappa shape index (κ1) is 27.3. The Hall–Kier alpha value is -2.89. The molecule has 0 N–H and O–H groups in total. The molecule has 0 heterocycles. The van der Waals surface area contributed by atoms with Crippen LogP contribution in [0.3, 0.4) is 0 Å². The van der Waals surface area contributed by atoms with Gasteiger partial charge in [-0.15, -0.1) is 0 Å². The van der Waals surface area contributed by atoms with Crippen LogP contribution >= 0.6 is 0 Å². The van der Waals surface area contributed by atoms with E-state index in [0.29, 0.717) is 9.54 Å². The Bertz CT molecular complexity index is 1520. The quantitative estimate of drug-likeness (QED) is 0.189. The summed E-state index contributed by atoms with van der Waals surface area (Å²) in [6, 6.07) is 37.5. The monoisotopic (exact) mass is 598 g/mol. The zero-order valence-corrected chi connectivity index (χ0v) is 26.8. The van der Waals surface area contributed by atoms with E-state index >= 15 is 0 Å². The number of benzene rings is 4. The van der Waals surface area contributed by atoms with Crippen LogP contribution in [0.15, 0.2) is 118 Å². The Morgan fingerprint density at radius 3 is 1.60 bits per heavy atom. The first-order valence-electron chi connectivity index (χ1n) is 15.2. The van der Waals surface area contributed by atoms with Crippen LogP contribution in [0.4, 0.5) is 0 Å². The van der Waals surface area contributed by atoms with E-state index in [0.717, 1.165) is 19.3 Å². The van der Waals surface area contributed by atoms with Gasteiger partial charge in [0, 0.05) is 0 Å². The summed E-state index contributed by atoms with van der Waals surface area (Å²) in [6.07, 6.45) is 9.45. The summed E-state index contributed by atoms with van der Waals surface area (Å²) in [5.41, 5.74) is 13.5. The van der Waals surface area contributed by atoms with Gasteiger partial charge in [0.15, 0.2) is 0 Å². The van der Waals surface area contributed by atoms with E-state index in [4.69, 9.17) is 0 Å². The van der Waals surface area contributed by atoms with Crippen LogP contribution in [0.2, 0.25) is 0 Å². The van der Waals surface area contributed by atoms with E-state index in [1.54, 1.807) is 19.9 Å². The molecule has 1 unspecified atom stereocenters. The van der Waals surface area contributed by atoms with Crippen LogP contribution < -0.4 is 0 Å². The molecule has 0 nitrogen and oxygen atoms in total. The second kappa shape index (κ2) is 11.9. The van der Waals surface area contributed by atoms with Crippen molar-refractivity contribution in [2.24, 2.45) is 5.92 Å². The molecule has 1 heteroatoms. The molecule has 1 atom stereocenters. The molecule has 0 aromatic heterocycles. The second-order valence-corrected chi connectivity index (χ2v) is 17.2. The molecular formula is C39H40Zr. The van der Waals surface area contributed by atoms with Crippen molar-refractivity contribution in [3.05, 3.63) is 151 Å². The number of fused-ring (bicyclic) bond motifs is 3. The summed E-state index contributed by atoms with van der Waals surface area (Å²) in [4.78, 5) is 0. The molecular weight excluding hydrogens is 560 g/mol. The Labute approximate surface area is 248 Å². The predicted octanol–water partition coefficient (Wildman–Crippen LogP) is 10.0. The third kappa shape index (κ3) is 4.82. The van der Waals surface area contributed by atoms with Gasteiger partial charge in [0.2, 0.25) is 0 Å². The molecule has 40 heavy (non-hydrogen) atoms. The molecule has 4 aromatic carbocycles. The Balaban J connectivity index is 1.78. The predicted molar refractivity (Wildman–Crippen MR) is 169 cm³/mol. The van der Waals surface area contributed by atoms with Gasteiger partial charge >= 0.3 is 250 Å². The summed E-state index contributed by atoms with van der Waals surface area (Å²) >= 11 is -2.73. The van der Waals surface area contributed by atoms with Gasteiger partial charge in [-0.1, -0.05) is 0 Å². The van der Waals surface area contributed by atoms with Crippen molar-refractivity contribution in [2.75, 3.05) is 0 Å². The molecule has 0 bridgehead atoms. The molecule has 2 aliphatic carbocycles. The number of hydrogen-bond acceptors (Lipinski definition) is 0. The number of hydrogen-bond donors (Lipinski definition) is 0. The Kier molecular flexibility index (Phi) is 8.13. The number of aryl methyl sites for hydroxylation is 2. The fourth-order valence-corrected chi connectivity index (χ4v) is 17.3. The van der Waals surface area contributed by atoms with E-state index < -0.39 is 21.3 Å². The molecule has 6 rings (SSSR count). The summed E-state index contributed by atoms with van der Waals surface area (Å²) in [6.45, 7) is 9.35. The summed E-state index contributed by atoms with van der Waals surface area (Å²) < 4.78 is 3.94. The van der Waals surface area contributed by atoms with Crippen molar-refractivity contribution in [3.8, 4) is 11.1 Å². The maximum atomic E-state index is 2.58. The van der Waals surface area contributed by atoms with Crippen LogP contribution in [0.1, 0.15) is 77.5 Å². The fraction of sp³-hybridized carbons (Fsp3) is 0.256. The molecule has 0 fully saturated rings. The van der Waals surface area contributed by atoms with E-state index in [1.165, 1.54) is 39.8 Å². The van der Waals surface area contributed by atoms with Gasteiger partial charge in [0.05, 0.1) is 0 Å². The first-order chi connectivity index (χ1) is 19.7. The van der Waals surface area contributed by atoms with Crippen molar-refractivity contribution in [2.45, 2.75) is 57.0 Å². The van der Waals surface area contributed by atoms with E-state index in [2.05, 4.69) is 137 Å². The molecule has 0 saturated heterocycles. The van der Waals surface area contributed by atoms with Gasteiger partial charge in [-0.3, -0.25) is 0 Å². The first-order valence-corrected chi connectivity index (χ1v) is 19.1. The maximum absolute atomic E-state index is 2.73. The molecule has 0 radical (unpaired) electrons. The zero-order chi connectivity index (χ0) is 27.6. The summed E-state index contributed by atoms with van der Waals surface area (Å²) in [7, 11) is 0. The standard InChI is InChI=1S/C17H17.C13H10.C9H13.Zr/c1-3-12-5-7-16-14(9-12)11-15-10-13(4-2)6-8-17(15)16;1-3-7-12(8-4-1)11-13-9-5-2-6-10-13;1-3-8-5-6-9(4-2)7-8;/h5-11H,3-4H2,1-2H3;1-10H;5-6,8H,3-4H2,1-2H3;. The molecule has 0 saturated carbocycles. The van der Waals surface area contributed by atoms with Crippen molar-refractivity contribution in [1.82, 2.24) is 0 Å². The van der Waals surface area contributed by atoms with Crippen molar-refractivity contribution in [3.63, 3.8) is 0 Å². The average molecular weight is 600 g/mol. The van der Waals surface area contributed by atoms with E-state index in [1.807, 2.05) is 3.28 Å². The van der Waals surface area contributed by atoms with Crippen LogP contribution in [0, 0.1) is 5.92 Å². The summed E-state index contributed by atoms with van der Waals surface area (Å²) in [5, 5.41) is 0. The SMILES string of the molecule is CCC1=[C]([Zr](=[C](c2ccccc2)c2ccccc2)[CH]2c3cc(CC)ccc3-c3ccc(CC)cc32)C(CC)C=C1. The van der Waals surface area contributed by atoms with Gasteiger partial charge < -0.3 is 0 Å². The van der Waals surface area contributed by atoms with Crippen LogP contribution in [0.5, 0.6) is 0 Å². The molecule has 2 aliphatic rings. The van der Waals surface area contributed by atoms with Crippen molar-refractivity contribution in [1.29, 1.82) is 0 Å². The molecule has 0 amide bonds. The third-order valence-corrected chi connectivity index (χ3v) is 17.8. The van der Waals surface area contributed by atoms with Gasteiger partial charge in [0.1, 0.15) is 0 Å². The van der Waals surface area contributed by atoms with Gasteiger partial charge in [-0.2, -0.15) is 0 Å². The van der Waals surface area contributed by atoms with Gasteiger partial charge in [-0.05, 0) is 0 Å². The Morgan fingerprint density at radius 2 is 1.15 bits per heavy atom. The number of allylic oxidation sites excluding steroid dienone is 4. The zero-order valence-electron chi connectivity index (χ0n) is 24.4. The topological polar surface area (TPSA) is 0 Å². The Morgan fingerprint density at radius 1 is 0.625 bits per heavy atom. The molecule has 4 aromatic rings. The second-order valence-electron chi connectivity index (χ2n) is 11.2. The molecule has 0 spiro atoms. The third-order valence-electron chi connectivity index (χ3n) is 9.00. The number of rotatable bonds is 8. The summed E-state index contributed by atoms with van der Waals surface area (Å²) in [5.74, 6) is 0.544. The van der Waals surface area contributed by atoms with Crippen LogP contribution in [-0.4, -0.2) is 3.21 Å².